The molecule has 0 bridgehead atoms. The number of piperidine rings is 1. The van der Waals surface area contributed by atoms with Gasteiger partial charge in [0.05, 0.1) is 0 Å². The molecule has 0 N–H and O–H groups in total. The van der Waals surface area contributed by atoms with E-state index in [4.69, 9.17) is 4.74 Å². The van der Waals surface area contributed by atoms with Crippen molar-refractivity contribution in [3.05, 3.63) is 0 Å². The van der Waals surface area contributed by atoms with Crippen molar-refractivity contribution in [1.82, 2.24) is 4.90 Å². The second kappa shape index (κ2) is 5.71. The zero-order valence-electron chi connectivity index (χ0n) is 10.8. The van der Waals surface area contributed by atoms with Crippen LogP contribution >= 0.6 is 0 Å². The highest BCUT2D eigenvalue weighted by atomic mass is 19.4. The quantitative estimate of drug-likeness (QED) is 0.740. The topological polar surface area (TPSA) is 12.5 Å². The lowest BCUT2D eigenvalue weighted by Gasteiger charge is -2.33. The zero-order valence-corrected chi connectivity index (χ0v) is 10.8. The average Bonchev–Trinajstić information content (AvgIpc) is 2.88. The number of rotatable bonds is 3. The Morgan fingerprint density at radius 2 is 1.55 bits per heavy atom. The van der Waals surface area contributed by atoms with Crippen LogP contribution in [0.2, 0.25) is 0 Å². The Hall–Kier alpha value is -0.500. The van der Waals surface area contributed by atoms with Gasteiger partial charge in [-0.3, -0.25) is 4.90 Å². The number of nitrogens with zero attached hydrogens (tertiary/aromatic N) is 1. The molecule has 3 atom stereocenters. The smallest absolute Gasteiger partial charge is 0.354 e. The van der Waals surface area contributed by atoms with Gasteiger partial charge in [-0.1, -0.05) is 6.42 Å². The SMILES string of the molecule is FC(C(F)(F)F)C(F)(F)C1CCC(N2CCCCC2)O1. The molecule has 2 fully saturated rings. The summed E-state index contributed by atoms with van der Waals surface area (Å²) in [7, 11) is 0. The van der Waals surface area contributed by atoms with E-state index in [2.05, 4.69) is 0 Å². The van der Waals surface area contributed by atoms with Crippen molar-refractivity contribution in [1.29, 1.82) is 0 Å². The highest BCUT2D eigenvalue weighted by Gasteiger charge is 2.62. The second-order valence-electron chi connectivity index (χ2n) is 5.33. The third-order valence-electron chi connectivity index (χ3n) is 3.85. The summed E-state index contributed by atoms with van der Waals surface area (Å²) < 4.78 is 81.4. The fourth-order valence-corrected chi connectivity index (χ4v) is 2.76. The number of alkyl halides is 6. The van der Waals surface area contributed by atoms with Gasteiger partial charge in [-0.2, -0.15) is 13.2 Å². The molecule has 0 radical (unpaired) electrons. The van der Waals surface area contributed by atoms with Gasteiger partial charge in [0.25, 0.3) is 6.17 Å². The predicted octanol–water partition coefficient (Wildman–Crippen LogP) is 3.51. The summed E-state index contributed by atoms with van der Waals surface area (Å²) in [4.78, 5) is 1.85. The molecule has 0 spiro atoms. The molecule has 0 aliphatic carbocycles. The predicted molar refractivity (Wildman–Crippen MR) is 59.2 cm³/mol. The Morgan fingerprint density at radius 1 is 0.950 bits per heavy atom. The van der Waals surface area contributed by atoms with Crippen LogP contribution in [-0.2, 0) is 4.74 Å². The highest BCUT2D eigenvalue weighted by Crippen LogP contribution is 2.42. The summed E-state index contributed by atoms with van der Waals surface area (Å²) >= 11 is 0. The molecule has 0 amide bonds. The summed E-state index contributed by atoms with van der Waals surface area (Å²) in [5, 5.41) is 0. The van der Waals surface area contributed by atoms with E-state index in [9.17, 15) is 26.3 Å². The fraction of sp³-hybridized carbons (Fsp3) is 1.00. The van der Waals surface area contributed by atoms with Crippen LogP contribution in [0.4, 0.5) is 26.3 Å². The number of hydrogen-bond donors (Lipinski definition) is 0. The highest BCUT2D eigenvalue weighted by molar-refractivity contribution is 4.93. The van der Waals surface area contributed by atoms with E-state index in [-0.39, 0.29) is 12.8 Å². The first-order chi connectivity index (χ1) is 9.23. The van der Waals surface area contributed by atoms with E-state index < -0.39 is 30.6 Å². The summed E-state index contributed by atoms with van der Waals surface area (Å²) in [6.45, 7) is 1.36. The van der Waals surface area contributed by atoms with Crippen LogP contribution in [0.3, 0.4) is 0 Å². The third kappa shape index (κ3) is 3.21. The van der Waals surface area contributed by atoms with Gasteiger partial charge in [0.2, 0.25) is 0 Å². The Morgan fingerprint density at radius 3 is 2.10 bits per heavy atom. The van der Waals surface area contributed by atoms with Gasteiger partial charge in [-0.15, -0.1) is 0 Å². The summed E-state index contributed by atoms with van der Waals surface area (Å²) in [6, 6.07) is 0. The lowest BCUT2D eigenvalue weighted by Crippen LogP contribution is -2.50. The molecule has 2 aliphatic rings. The Labute approximate surface area is 113 Å². The molecule has 2 rings (SSSR count). The van der Waals surface area contributed by atoms with Crippen LogP contribution in [0.1, 0.15) is 32.1 Å². The molecule has 0 aromatic carbocycles. The van der Waals surface area contributed by atoms with Crippen LogP contribution in [-0.4, -0.2) is 48.6 Å². The summed E-state index contributed by atoms with van der Waals surface area (Å²) in [5.74, 6) is -4.54. The van der Waals surface area contributed by atoms with Crippen molar-refractivity contribution >= 4 is 0 Å². The largest absolute Gasteiger partial charge is 0.425 e. The summed E-state index contributed by atoms with van der Waals surface area (Å²) in [5.41, 5.74) is 0. The van der Waals surface area contributed by atoms with Crippen molar-refractivity contribution in [2.75, 3.05) is 13.1 Å². The van der Waals surface area contributed by atoms with Crippen LogP contribution in [0.5, 0.6) is 0 Å². The van der Waals surface area contributed by atoms with Crippen molar-refractivity contribution < 1.29 is 31.1 Å². The number of likely N-dealkylation sites (tertiary alicyclic amines) is 1. The molecule has 2 nitrogen and oxygen atoms in total. The standard InChI is InChI=1S/C12H17F6NO/c13-10(12(16,17)18)11(14,15)8-4-5-9(20-8)19-6-2-1-3-7-19/h8-10H,1-7H2. The zero-order chi connectivity index (χ0) is 15.0. The molecule has 2 saturated heterocycles. The van der Waals surface area contributed by atoms with Gasteiger partial charge in [-0.05, 0) is 25.7 Å². The normalized spacial score (nSPS) is 31.5. The fourth-order valence-electron chi connectivity index (χ4n) is 2.76. The number of hydrogen-bond acceptors (Lipinski definition) is 2. The minimum atomic E-state index is -5.57. The van der Waals surface area contributed by atoms with E-state index in [0.29, 0.717) is 13.1 Å². The van der Waals surface area contributed by atoms with Gasteiger partial charge in [-0.25, -0.2) is 13.2 Å². The van der Waals surface area contributed by atoms with Gasteiger partial charge in [0.1, 0.15) is 12.3 Å². The maximum atomic E-state index is 13.5. The van der Waals surface area contributed by atoms with Crippen LogP contribution in [0.15, 0.2) is 0 Å². The molecule has 0 aromatic rings. The third-order valence-corrected chi connectivity index (χ3v) is 3.85. The van der Waals surface area contributed by atoms with Crippen molar-refractivity contribution in [2.45, 2.75) is 62.7 Å². The maximum Gasteiger partial charge on any atom is 0.425 e. The molecule has 118 valence electrons. The number of halogens is 6. The van der Waals surface area contributed by atoms with Gasteiger partial charge in [0, 0.05) is 13.1 Å². The van der Waals surface area contributed by atoms with Crippen molar-refractivity contribution in [3.8, 4) is 0 Å². The van der Waals surface area contributed by atoms with Gasteiger partial charge >= 0.3 is 12.1 Å². The molecular formula is C12H17F6NO. The molecule has 3 unspecified atom stereocenters. The first-order valence-corrected chi connectivity index (χ1v) is 6.71. The average molecular weight is 305 g/mol. The van der Waals surface area contributed by atoms with E-state index in [1.165, 1.54) is 0 Å². The Bertz CT molecular complexity index is 328. The maximum absolute atomic E-state index is 13.5. The van der Waals surface area contributed by atoms with E-state index >= 15 is 0 Å². The van der Waals surface area contributed by atoms with Crippen molar-refractivity contribution in [2.24, 2.45) is 0 Å². The molecule has 2 heterocycles. The van der Waals surface area contributed by atoms with Crippen LogP contribution in [0, 0.1) is 0 Å². The Balaban J connectivity index is 1.97. The molecular weight excluding hydrogens is 288 g/mol. The lowest BCUT2D eigenvalue weighted by atomic mass is 10.0. The molecule has 8 heteroatoms. The lowest BCUT2D eigenvalue weighted by molar-refractivity contribution is -0.274. The van der Waals surface area contributed by atoms with Crippen LogP contribution in [0.25, 0.3) is 0 Å². The van der Waals surface area contributed by atoms with Crippen LogP contribution < -0.4 is 0 Å². The minimum absolute atomic E-state index is 0.213. The number of ether oxygens (including phenoxy) is 1. The molecule has 0 aromatic heterocycles. The van der Waals surface area contributed by atoms with E-state index in [1.54, 1.807) is 0 Å². The second-order valence-corrected chi connectivity index (χ2v) is 5.33. The summed E-state index contributed by atoms with van der Waals surface area (Å²) in [6.07, 6.45) is -9.56. The van der Waals surface area contributed by atoms with Gasteiger partial charge in [0.15, 0.2) is 0 Å². The van der Waals surface area contributed by atoms with E-state index in [0.717, 1.165) is 19.3 Å². The molecule has 0 saturated carbocycles. The first kappa shape index (κ1) is 15.9. The molecule has 2 aliphatic heterocycles. The van der Waals surface area contributed by atoms with E-state index in [1.807, 2.05) is 4.90 Å². The molecule has 20 heavy (non-hydrogen) atoms. The van der Waals surface area contributed by atoms with Crippen molar-refractivity contribution in [3.63, 3.8) is 0 Å². The minimum Gasteiger partial charge on any atom is -0.354 e. The Kier molecular flexibility index (Phi) is 4.53. The monoisotopic (exact) mass is 305 g/mol. The first-order valence-electron chi connectivity index (χ1n) is 6.71. The van der Waals surface area contributed by atoms with Gasteiger partial charge < -0.3 is 4.74 Å².